The van der Waals surface area contributed by atoms with E-state index in [1.54, 1.807) is 18.2 Å². The topological polar surface area (TPSA) is 73.2 Å². The Labute approximate surface area is 174 Å². The predicted molar refractivity (Wildman–Crippen MR) is 115 cm³/mol. The molecule has 6 nitrogen and oxygen atoms in total. The van der Waals surface area contributed by atoms with Crippen LogP contribution in [0.1, 0.15) is 20.3 Å². The van der Waals surface area contributed by atoms with Gasteiger partial charge < -0.3 is 10.1 Å². The van der Waals surface area contributed by atoms with Crippen molar-refractivity contribution in [2.45, 2.75) is 32.9 Å². The molecule has 0 aliphatic heterocycles. The van der Waals surface area contributed by atoms with E-state index in [1.807, 2.05) is 44.2 Å². The SMILES string of the molecule is CC(C)OCCCNC(=O)Cn1c(=O)nc(-c2ccccc2)c2cc(Cl)ccc21. The molecule has 0 spiro atoms. The van der Waals surface area contributed by atoms with Crippen LogP contribution in [0.15, 0.2) is 53.3 Å². The van der Waals surface area contributed by atoms with Gasteiger partial charge in [0, 0.05) is 29.1 Å². The number of fused-ring (bicyclic) bond motifs is 1. The smallest absolute Gasteiger partial charge is 0.349 e. The van der Waals surface area contributed by atoms with E-state index in [-0.39, 0.29) is 18.6 Å². The van der Waals surface area contributed by atoms with Gasteiger partial charge in [0.05, 0.1) is 17.3 Å². The Morgan fingerprint density at radius 3 is 2.69 bits per heavy atom. The lowest BCUT2D eigenvalue weighted by atomic mass is 10.1. The van der Waals surface area contributed by atoms with Gasteiger partial charge >= 0.3 is 5.69 Å². The van der Waals surface area contributed by atoms with Crippen LogP contribution in [-0.2, 0) is 16.1 Å². The van der Waals surface area contributed by atoms with E-state index in [0.717, 1.165) is 10.9 Å². The summed E-state index contributed by atoms with van der Waals surface area (Å²) in [5.41, 5.74) is 1.51. The van der Waals surface area contributed by atoms with E-state index in [0.29, 0.717) is 35.8 Å². The van der Waals surface area contributed by atoms with Gasteiger partial charge in [0.15, 0.2) is 0 Å². The minimum absolute atomic E-state index is 0.107. The maximum atomic E-state index is 12.7. The number of carbonyl (C=O) groups excluding carboxylic acids is 1. The van der Waals surface area contributed by atoms with Gasteiger partial charge in [-0.15, -0.1) is 0 Å². The van der Waals surface area contributed by atoms with Crippen molar-refractivity contribution in [3.63, 3.8) is 0 Å². The van der Waals surface area contributed by atoms with Crippen molar-refractivity contribution in [2.75, 3.05) is 13.2 Å². The number of aromatic nitrogens is 2. The van der Waals surface area contributed by atoms with Crippen LogP contribution in [0.2, 0.25) is 5.02 Å². The zero-order valence-electron chi connectivity index (χ0n) is 16.5. The first-order chi connectivity index (χ1) is 14.0. The van der Waals surface area contributed by atoms with E-state index in [4.69, 9.17) is 16.3 Å². The van der Waals surface area contributed by atoms with Crippen molar-refractivity contribution >= 4 is 28.4 Å². The van der Waals surface area contributed by atoms with Gasteiger partial charge in [0.2, 0.25) is 5.91 Å². The third kappa shape index (κ3) is 5.43. The Hall–Kier alpha value is -2.70. The summed E-state index contributed by atoms with van der Waals surface area (Å²) < 4.78 is 6.83. The third-order valence-electron chi connectivity index (χ3n) is 4.39. The average molecular weight is 414 g/mol. The number of hydrogen-bond donors (Lipinski definition) is 1. The Balaban J connectivity index is 1.85. The van der Waals surface area contributed by atoms with Crippen molar-refractivity contribution in [3.8, 4) is 11.3 Å². The summed E-state index contributed by atoms with van der Waals surface area (Å²) in [5, 5.41) is 4.08. The number of halogens is 1. The Morgan fingerprint density at radius 2 is 1.97 bits per heavy atom. The molecule has 1 amide bonds. The zero-order chi connectivity index (χ0) is 20.8. The molecule has 3 aromatic rings. The van der Waals surface area contributed by atoms with Crippen LogP contribution in [0.5, 0.6) is 0 Å². The average Bonchev–Trinajstić information content (AvgIpc) is 2.70. The first-order valence-corrected chi connectivity index (χ1v) is 9.97. The molecule has 29 heavy (non-hydrogen) atoms. The highest BCUT2D eigenvalue weighted by Gasteiger charge is 2.14. The standard InChI is InChI=1S/C22H24ClN3O3/c1-15(2)29-12-6-11-24-20(27)14-26-19-10-9-17(23)13-18(19)21(25-22(26)28)16-7-4-3-5-8-16/h3-5,7-10,13,15H,6,11-12,14H2,1-2H3,(H,24,27). The lowest BCUT2D eigenvalue weighted by Crippen LogP contribution is -2.34. The second-order valence-electron chi connectivity index (χ2n) is 6.98. The number of rotatable bonds is 8. The van der Waals surface area contributed by atoms with Crippen LogP contribution in [0.3, 0.4) is 0 Å². The summed E-state index contributed by atoms with van der Waals surface area (Å²) in [5.74, 6) is -0.248. The summed E-state index contributed by atoms with van der Waals surface area (Å²) in [6.45, 7) is 4.89. The minimum atomic E-state index is -0.475. The maximum Gasteiger partial charge on any atom is 0.349 e. The van der Waals surface area contributed by atoms with Gasteiger partial charge in [0.25, 0.3) is 0 Å². The Bertz CT molecular complexity index is 1050. The molecule has 0 aliphatic rings. The minimum Gasteiger partial charge on any atom is -0.379 e. The van der Waals surface area contributed by atoms with Crippen molar-refractivity contribution in [3.05, 3.63) is 64.0 Å². The van der Waals surface area contributed by atoms with E-state index < -0.39 is 5.69 Å². The van der Waals surface area contributed by atoms with Gasteiger partial charge in [-0.2, -0.15) is 4.98 Å². The molecular formula is C22H24ClN3O3. The summed E-state index contributed by atoms with van der Waals surface area (Å²) in [4.78, 5) is 29.3. The van der Waals surface area contributed by atoms with Gasteiger partial charge in [0.1, 0.15) is 6.54 Å². The number of carbonyl (C=O) groups is 1. The van der Waals surface area contributed by atoms with Crippen LogP contribution in [0, 0.1) is 0 Å². The summed E-state index contributed by atoms with van der Waals surface area (Å²) in [7, 11) is 0. The molecule has 7 heteroatoms. The molecule has 0 saturated carbocycles. The highest BCUT2D eigenvalue weighted by molar-refractivity contribution is 6.31. The van der Waals surface area contributed by atoms with E-state index in [1.165, 1.54) is 4.57 Å². The van der Waals surface area contributed by atoms with Gasteiger partial charge in [-0.05, 0) is 38.5 Å². The highest BCUT2D eigenvalue weighted by atomic mass is 35.5. The second-order valence-corrected chi connectivity index (χ2v) is 7.42. The molecule has 152 valence electrons. The molecule has 0 unspecified atom stereocenters. The molecule has 2 aromatic carbocycles. The molecule has 0 saturated heterocycles. The zero-order valence-corrected chi connectivity index (χ0v) is 17.3. The molecule has 0 radical (unpaired) electrons. The van der Waals surface area contributed by atoms with E-state index in [2.05, 4.69) is 10.3 Å². The fourth-order valence-electron chi connectivity index (χ4n) is 3.04. The lowest BCUT2D eigenvalue weighted by Gasteiger charge is -2.13. The van der Waals surface area contributed by atoms with Gasteiger partial charge in [-0.25, -0.2) is 4.79 Å². The maximum absolute atomic E-state index is 12.7. The predicted octanol–water partition coefficient (Wildman–Crippen LogP) is 3.65. The molecule has 0 aliphatic carbocycles. The third-order valence-corrected chi connectivity index (χ3v) is 4.62. The summed E-state index contributed by atoms with van der Waals surface area (Å²) in [6, 6.07) is 14.7. The largest absolute Gasteiger partial charge is 0.379 e. The Morgan fingerprint density at radius 1 is 1.21 bits per heavy atom. The molecule has 1 N–H and O–H groups in total. The van der Waals surface area contributed by atoms with Crippen LogP contribution < -0.4 is 11.0 Å². The summed E-state index contributed by atoms with van der Waals surface area (Å²) >= 11 is 6.19. The molecule has 0 fully saturated rings. The summed E-state index contributed by atoms with van der Waals surface area (Å²) in [6.07, 6.45) is 0.872. The number of nitrogens with zero attached hydrogens (tertiary/aromatic N) is 2. The molecular weight excluding hydrogens is 390 g/mol. The van der Waals surface area contributed by atoms with Crippen LogP contribution in [-0.4, -0.2) is 34.7 Å². The highest BCUT2D eigenvalue weighted by Crippen LogP contribution is 2.27. The quantitative estimate of drug-likeness (QED) is 0.572. The van der Waals surface area contributed by atoms with Crippen molar-refractivity contribution in [1.29, 1.82) is 0 Å². The monoisotopic (exact) mass is 413 g/mol. The van der Waals surface area contributed by atoms with Crippen molar-refractivity contribution in [1.82, 2.24) is 14.9 Å². The number of benzene rings is 2. The normalized spacial score (nSPS) is 11.2. The molecule has 0 atom stereocenters. The lowest BCUT2D eigenvalue weighted by molar-refractivity contribution is -0.121. The molecule has 1 aromatic heterocycles. The van der Waals surface area contributed by atoms with Crippen molar-refractivity contribution < 1.29 is 9.53 Å². The van der Waals surface area contributed by atoms with Crippen LogP contribution >= 0.6 is 11.6 Å². The fourth-order valence-corrected chi connectivity index (χ4v) is 3.21. The van der Waals surface area contributed by atoms with Gasteiger partial charge in [-0.1, -0.05) is 41.9 Å². The second kappa shape index (κ2) is 9.67. The Kier molecular flexibility index (Phi) is 7.01. The number of amides is 1. The number of hydrogen-bond acceptors (Lipinski definition) is 4. The fraction of sp³-hybridized carbons (Fsp3) is 0.318. The molecule has 3 rings (SSSR count). The molecule has 1 heterocycles. The van der Waals surface area contributed by atoms with Crippen molar-refractivity contribution in [2.24, 2.45) is 0 Å². The first kappa shape index (κ1) is 21.0. The molecule has 0 bridgehead atoms. The first-order valence-electron chi connectivity index (χ1n) is 9.59. The van der Waals surface area contributed by atoms with Gasteiger partial charge in [-0.3, -0.25) is 9.36 Å². The van der Waals surface area contributed by atoms with Crippen LogP contribution in [0.4, 0.5) is 0 Å². The number of nitrogens with one attached hydrogen (secondary N) is 1. The van der Waals surface area contributed by atoms with E-state index in [9.17, 15) is 9.59 Å². The van der Waals surface area contributed by atoms with E-state index >= 15 is 0 Å². The van der Waals surface area contributed by atoms with Crippen LogP contribution in [0.25, 0.3) is 22.2 Å². The number of ether oxygens (including phenoxy) is 1.